The number of carbonyl (C=O) groups is 1. The van der Waals surface area contributed by atoms with Crippen molar-refractivity contribution in [1.82, 2.24) is 14.5 Å². The molecule has 0 bridgehead atoms. The summed E-state index contributed by atoms with van der Waals surface area (Å²) in [5.41, 5.74) is 0. The van der Waals surface area contributed by atoms with Gasteiger partial charge in [-0.2, -0.15) is 4.31 Å². The summed E-state index contributed by atoms with van der Waals surface area (Å²) in [5.74, 6) is 0.679. The Balaban J connectivity index is 2.21. The van der Waals surface area contributed by atoms with Crippen LogP contribution in [0.1, 0.15) is 26.2 Å². The lowest BCUT2D eigenvalue weighted by atomic mass is 10.3. The van der Waals surface area contributed by atoms with Crippen LogP contribution < -0.4 is 14.8 Å². The number of rotatable bonds is 10. The zero-order valence-electron chi connectivity index (χ0n) is 16.9. The molecule has 158 valence electrons. The lowest BCUT2D eigenvalue weighted by Gasteiger charge is -2.29. The van der Waals surface area contributed by atoms with Crippen LogP contribution in [-0.4, -0.2) is 77.0 Å². The molecule has 0 unspecified atom stereocenters. The van der Waals surface area contributed by atoms with Gasteiger partial charge in [0.2, 0.25) is 15.9 Å². The minimum absolute atomic E-state index is 0.0178. The number of methoxy groups -OCH3 is 2. The van der Waals surface area contributed by atoms with Gasteiger partial charge < -0.3 is 19.7 Å². The fourth-order valence-corrected chi connectivity index (χ4v) is 4.75. The van der Waals surface area contributed by atoms with Crippen molar-refractivity contribution in [3.8, 4) is 11.5 Å². The lowest BCUT2D eigenvalue weighted by molar-refractivity contribution is -0.131. The average Bonchev–Trinajstić information content (AvgIpc) is 2.73. The second kappa shape index (κ2) is 10.6. The minimum Gasteiger partial charge on any atom is -0.497 e. The van der Waals surface area contributed by atoms with E-state index < -0.39 is 10.0 Å². The van der Waals surface area contributed by atoms with Crippen molar-refractivity contribution in [1.29, 1.82) is 0 Å². The maximum absolute atomic E-state index is 13.3. The number of benzene rings is 1. The van der Waals surface area contributed by atoms with E-state index in [1.54, 1.807) is 17.0 Å². The Bertz CT molecular complexity index is 748. The third-order valence-corrected chi connectivity index (χ3v) is 6.71. The van der Waals surface area contributed by atoms with E-state index in [9.17, 15) is 13.2 Å². The summed E-state index contributed by atoms with van der Waals surface area (Å²) in [4.78, 5) is 14.3. The van der Waals surface area contributed by atoms with Crippen molar-refractivity contribution in [2.75, 3.05) is 53.5 Å². The molecule has 0 spiro atoms. The van der Waals surface area contributed by atoms with E-state index in [1.165, 1.54) is 24.6 Å². The largest absolute Gasteiger partial charge is 0.497 e. The quantitative estimate of drug-likeness (QED) is 0.622. The van der Waals surface area contributed by atoms with Gasteiger partial charge in [-0.3, -0.25) is 4.79 Å². The fraction of sp³-hybridized carbons (Fsp3) is 0.632. The third kappa shape index (κ3) is 5.59. The highest BCUT2D eigenvalue weighted by Crippen LogP contribution is 2.31. The standard InChI is InChI=1S/C19H31N3O5S/c1-4-5-11-22(12-8-19(23)21-13-9-20-10-14-21)28(24,25)18-15-16(26-2)6-7-17(18)27-3/h6-7,15,20H,4-5,8-14H2,1-3H3. The first kappa shape index (κ1) is 22.4. The SMILES string of the molecule is CCCCN(CCC(=O)N1CCNCC1)S(=O)(=O)c1cc(OC)ccc1OC. The molecule has 0 aliphatic carbocycles. The van der Waals surface area contributed by atoms with E-state index in [-0.39, 0.29) is 29.5 Å². The van der Waals surface area contributed by atoms with Crippen LogP contribution in [0, 0.1) is 0 Å². The van der Waals surface area contributed by atoms with Crippen LogP contribution in [-0.2, 0) is 14.8 Å². The topological polar surface area (TPSA) is 88.2 Å². The van der Waals surface area contributed by atoms with Crippen molar-refractivity contribution in [2.45, 2.75) is 31.1 Å². The summed E-state index contributed by atoms with van der Waals surface area (Å²) in [5, 5.41) is 3.21. The predicted molar refractivity (Wildman–Crippen MR) is 107 cm³/mol. The van der Waals surface area contributed by atoms with Crippen molar-refractivity contribution in [3.05, 3.63) is 18.2 Å². The second-order valence-corrected chi connectivity index (χ2v) is 8.56. The molecule has 1 aliphatic heterocycles. The van der Waals surface area contributed by atoms with Gasteiger partial charge in [-0.1, -0.05) is 13.3 Å². The Morgan fingerprint density at radius 1 is 1.18 bits per heavy atom. The van der Waals surface area contributed by atoms with Gasteiger partial charge in [0.15, 0.2) is 0 Å². The molecule has 28 heavy (non-hydrogen) atoms. The molecule has 0 atom stereocenters. The molecule has 0 aromatic heterocycles. The van der Waals surface area contributed by atoms with Crippen LogP contribution in [0.3, 0.4) is 0 Å². The highest BCUT2D eigenvalue weighted by atomic mass is 32.2. The zero-order valence-corrected chi connectivity index (χ0v) is 17.8. The van der Waals surface area contributed by atoms with Gasteiger partial charge in [0, 0.05) is 51.8 Å². The molecule has 0 radical (unpaired) electrons. The number of sulfonamides is 1. The molecular formula is C19H31N3O5S. The van der Waals surface area contributed by atoms with Gasteiger partial charge in [-0.25, -0.2) is 8.42 Å². The summed E-state index contributed by atoms with van der Waals surface area (Å²) in [6.07, 6.45) is 1.73. The Morgan fingerprint density at radius 3 is 2.50 bits per heavy atom. The molecule has 1 N–H and O–H groups in total. The van der Waals surface area contributed by atoms with Gasteiger partial charge >= 0.3 is 0 Å². The van der Waals surface area contributed by atoms with Gasteiger partial charge in [0.1, 0.15) is 16.4 Å². The number of nitrogens with one attached hydrogen (secondary N) is 1. The Labute approximate surface area is 167 Å². The molecule has 1 aromatic carbocycles. The molecule has 2 rings (SSSR count). The predicted octanol–water partition coefficient (Wildman–Crippen LogP) is 1.32. The molecule has 8 nitrogen and oxygen atoms in total. The number of piperazine rings is 1. The Kier molecular flexibility index (Phi) is 8.53. The maximum Gasteiger partial charge on any atom is 0.246 e. The number of nitrogens with zero attached hydrogens (tertiary/aromatic N) is 2. The first-order valence-corrected chi connectivity index (χ1v) is 11.1. The highest BCUT2D eigenvalue weighted by molar-refractivity contribution is 7.89. The molecule has 1 heterocycles. The summed E-state index contributed by atoms with van der Waals surface area (Å²) in [6.45, 7) is 5.35. The van der Waals surface area contributed by atoms with Gasteiger partial charge in [-0.05, 0) is 18.6 Å². The van der Waals surface area contributed by atoms with Gasteiger partial charge in [-0.15, -0.1) is 0 Å². The van der Waals surface area contributed by atoms with Crippen LogP contribution in [0.25, 0.3) is 0 Å². The number of amides is 1. The molecular weight excluding hydrogens is 382 g/mol. The van der Waals surface area contributed by atoms with Crippen molar-refractivity contribution < 1.29 is 22.7 Å². The molecule has 1 fully saturated rings. The van der Waals surface area contributed by atoms with Crippen molar-refractivity contribution >= 4 is 15.9 Å². The minimum atomic E-state index is -3.83. The van der Waals surface area contributed by atoms with E-state index in [0.717, 1.165) is 19.5 Å². The van der Waals surface area contributed by atoms with Crippen LogP contribution in [0.2, 0.25) is 0 Å². The summed E-state index contributed by atoms with van der Waals surface area (Å²) in [7, 11) is -0.909. The van der Waals surface area contributed by atoms with Crippen molar-refractivity contribution in [3.63, 3.8) is 0 Å². The van der Waals surface area contributed by atoms with Crippen LogP contribution in [0.4, 0.5) is 0 Å². The van der Waals surface area contributed by atoms with Gasteiger partial charge in [0.05, 0.1) is 14.2 Å². The number of hydrogen-bond donors (Lipinski definition) is 1. The first-order valence-electron chi connectivity index (χ1n) is 9.64. The maximum atomic E-state index is 13.3. The summed E-state index contributed by atoms with van der Waals surface area (Å²) < 4.78 is 38.5. The monoisotopic (exact) mass is 413 g/mol. The smallest absolute Gasteiger partial charge is 0.246 e. The molecule has 1 amide bonds. The second-order valence-electron chi connectivity index (χ2n) is 6.66. The van der Waals surface area contributed by atoms with E-state index in [2.05, 4.69) is 5.32 Å². The zero-order chi connectivity index (χ0) is 20.6. The fourth-order valence-electron chi connectivity index (χ4n) is 3.10. The van der Waals surface area contributed by atoms with E-state index in [0.29, 0.717) is 31.8 Å². The number of hydrogen-bond acceptors (Lipinski definition) is 6. The third-order valence-electron chi connectivity index (χ3n) is 4.79. The molecule has 1 aromatic rings. The summed E-state index contributed by atoms with van der Waals surface area (Å²) >= 11 is 0. The number of ether oxygens (including phenoxy) is 2. The van der Waals surface area contributed by atoms with Gasteiger partial charge in [0.25, 0.3) is 0 Å². The van der Waals surface area contributed by atoms with E-state index >= 15 is 0 Å². The molecule has 0 saturated carbocycles. The summed E-state index contributed by atoms with van der Waals surface area (Å²) in [6, 6.07) is 4.70. The Hall–Kier alpha value is -1.84. The van der Waals surface area contributed by atoms with Crippen LogP contribution >= 0.6 is 0 Å². The Morgan fingerprint density at radius 2 is 1.89 bits per heavy atom. The van der Waals surface area contributed by atoms with Crippen LogP contribution in [0.15, 0.2) is 23.1 Å². The average molecular weight is 414 g/mol. The lowest BCUT2D eigenvalue weighted by Crippen LogP contribution is -2.47. The van der Waals surface area contributed by atoms with E-state index in [1.807, 2.05) is 6.92 Å². The first-order chi connectivity index (χ1) is 13.4. The molecule has 1 aliphatic rings. The normalized spacial score (nSPS) is 14.9. The van der Waals surface area contributed by atoms with Crippen molar-refractivity contribution in [2.24, 2.45) is 0 Å². The number of unbranched alkanes of at least 4 members (excludes halogenated alkanes) is 1. The molecule has 1 saturated heterocycles. The van der Waals surface area contributed by atoms with E-state index in [4.69, 9.17) is 9.47 Å². The van der Waals surface area contributed by atoms with Crippen LogP contribution in [0.5, 0.6) is 11.5 Å². The molecule has 9 heteroatoms. The highest BCUT2D eigenvalue weighted by Gasteiger charge is 2.29. The number of carbonyl (C=O) groups excluding carboxylic acids is 1.